The molecule has 6 nitrogen and oxygen atoms in total. The Balaban J connectivity index is 1.54. The number of nitrogens with zero attached hydrogens (tertiary/aromatic N) is 2. The Morgan fingerprint density at radius 1 is 1.12 bits per heavy atom. The van der Waals surface area contributed by atoms with E-state index in [4.69, 9.17) is 14.2 Å². The quantitative estimate of drug-likeness (QED) is 0.817. The highest BCUT2D eigenvalue weighted by atomic mass is 16.5. The van der Waals surface area contributed by atoms with E-state index in [9.17, 15) is 4.79 Å². The van der Waals surface area contributed by atoms with Crippen LogP contribution in [0.3, 0.4) is 0 Å². The normalized spacial score (nSPS) is 21.8. The molecule has 1 unspecified atom stereocenters. The summed E-state index contributed by atoms with van der Waals surface area (Å²) in [5.74, 6) is 1.77. The van der Waals surface area contributed by atoms with E-state index in [1.165, 1.54) is 0 Å². The van der Waals surface area contributed by atoms with Crippen molar-refractivity contribution in [2.24, 2.45) is 0 Å². The fourth-order valence-electron chi connectivity index (χ4n) is 3.32. The molecule has 1 amide bonds. The number of methoxy groups -OCH3 is 2. The average Bonchev–Trinajstić information content (AvgIpc) is 3.16. The van der Waals surface area contributed by atoms with Gasteiger partial charge in [0.15, 0.2) is 0 Å². The van der Waals surface area contributed by atoms with Crippen LogP contribution in [0.15, 0.2) is 18.2 Å². The van der Waals surface area contributed by atoms with Crippen LogP contribution in [0, 0.1) is 0 Å². The first-order valence-corrected chi connectivity index (χ1v) is 8.54. The van der Waals surface area contributed by atoms with Crippen LogP contribution in [0.5, 0.6) is 11.5 Å². The van der Waals surface area contributed by atoms with Gasteiger partial charge in [-0.3, -0.25) is 9.69 Å². The third kappa shape index (κ3) is 3.99. The molecule has 1 aromatic carbocycles. The molecule has 2 aliphatic heterocycles. The molecule has 2 heterocycles. The van der Waals surface area contributed by atoms with Gasteiger partial charge < -0.3 is 19.1 Å². The highest BCUT2D eigenvalue weighted by Crippen LogP contribution is 2.24. The lowest BCUT2D eigenvalue weighted by atomic mass is 10.1. The number of amides is 1. The lowest BCUT2D eigenvalue weighted by Crippen LogP contribution is -2.51. The zero-order valence-electron chi connectivity index (χ0n) is 14.5. The van der Waals surface area contributed by atoms with Gasteiger partial charge in [-0.15, -0.1) is 0 Å². The lowest BCUT2D eigenvalue weighted by molar-refractivity contribution is -0.142. The monoisotopic (exact) mass is 334 g/mol. The van der Waals surface area contributed by atoms with Gasteiger partial charge in [-0.1, -0.05) is 0 Å². The maximum absolute atomic E-state index is 12.4. The SMILES string of the molecule is COc1cc(CN2CCN(C(=O)C3CCCO3)CC2)cc(OC)c1. The van der Waals surface area contributed by atoms with Crippen molar-refractivity contribution in [2.45, 2.75) is 25.5 Å². The third-order valence-electron chi connectivity index (χ3n) is 4.71. The maximum atomic E-state index is 12.4. The summed E-state index contributed by atoms with van der Waals surface area (Å²) >= 11 is 0. The van der Waals surface area contributed by atoms with Crippen LogP contribution in [0.1, 0.15) is 18.4 Å². The van der Waals surface area contributed by atoms with Gasteiger partial charge >= 0.3 is 0 Å². The number of carbonyl (C=O) groups is 1. The molecule has 0 aromatic heterocycles. The first kappa shape index (κ1) is 17.0. The Kier molecular flexibility index (Phi) is 5.58. The van der Waals surface area contributed by atoms with E-state index >= 15 is 0 Å². The van der Waals surface area contributed by atoms with Gasteiger partial charge in [-0.25, -0.2) is 0 Å². The summed E-state index contributed by atoms with van der Waals surface area (Å²) in [4.78, 5) is 16.7. The van der Waals surface area contributed by atoms with Gasteiger partial charge in [0.2, 0.25) is 0 Å². The van der Waals surface area contributed by atoms with E-state index in [0.29, 0.717) is 6.61 Å². The highest BCUT2D eigenvalue weighted by Gasteiger charge is 2.30. The summed E-state index contributed by atoms with van der Waals surface area (Å²) < 4.78 is 16.2. The van der Waals surface area contributed by atoms with Crippen molar-refractivity contribution < 1.29 is 19.0 Å². The van der Waals surface area contributed by atoms with Gasteiger partial charge in [0.1, 0.15) is 17.6 Å². The Hall–Kier alpha value is -1.79. The molecule has 1 aromatic rings. The van der Waals surface area contributed by atoms with Gasteiger partial charge in [0, 0.05) is 45.4 Å². The summed E-state index contributed by atoms with van der Waals surface area (Å²) in [6.45, 7) is 4.82. The van der Waals surface area contributed by atoms with E-state index < -0.39 is 0 Å². The Morgan fingerprint density at radius 2 is 1.79 bits per heavy atom. The standard InChI is InChI=1S/C18H26N2O4/c1-22-15-10-14(11-16(12-15)23-2)13-19-5-7-20(8-6-19)18(21)17-4-3-9-24-17/h10-12,17H,3-9,13H2,1-2H3. The van der Waals surface area contributed by atoms with Crippen LogP contribution in [0.25, 0.3) is 0 Å². The van der Waals surface area contributed by atoms with Gasteiger partial charge in [0.05, 0.1) is 14.2 Å². The largest absolute Gasteiger partial charge is 0.497 e. The molecule has 0 spiro atoms. The number of hydrogen-bond acceptors (Lipinski definition) is 5. The molecule has 0 radical (unpaired) electrons. The molecular formula is C18H26N2O4. The topological polar surface area (TPSA) is 51.2 Å². The van der Waals surface area contributed by atoms with Crippen molar-refractivity contribution in [2.75, 3.05) is 47.0 Å². The number of rotatable bonds is 5. The third-order valence-corrected chi connectivity index (χ3v) is 4.71. The maximum Gasteiger partial charge on any atom is 0.251 e. The number of hydrogen-bond donors (Lipinski definition) is 0. The molecule has 0 N–H and O–H groups in total. The smallest absolute Gasteiger partial charge is 0.251 e. The second-order valence-electron chi connectivity index (χ2n) is 6.32. The number of benzene rings is 1. The van der Waals surface area contributed by atoms with Gasteiger partial charge in [0.25, 0.3) is 5.91 Å². The van der Waals surface area contributed by atoms with Crippen molar-refractivity contribution in [1.82, 2.24) is 9.80 Å². The summed E-state index contributed by atoms with van der Waals surface area (Å²) in [6, 6.07) is 5.94. The fourth-order valence-corrected chi connectivity index (χ4v) is 3.32. The molecule has 0 saturated carbocycles. The molecule has 3 rings (SSSR count). The molecule has 0 bridgehead atoms. The zero-order valence-corrected chi connectivity index (χ0v) is 14.5. The van der Waals surface area contributed by atoms with E-state index in [1.807, 2.05) is 23.1 Å². The van der Waals surface area contributed by atoms with Crippen molar-refractivity contribution in [3.05, 3.63) is 23.8 Å². The van der Waals surface area contributed by atoms with Crippen molar-refractivity contribution >= 4 is 5.91 Å². The first-order valence-electron chi connectivity index (χ1n) is 8.54. The summed E-state index contributed by atoms with van der Waals surface area (Å²) in [5, 5.41) is 0. The van der Waals surface area contributed by atoms with Crippen LogP contribution in [0.4, 0.5) is 0 Å². The summed E-state index contributed by atoms with van der Waals surface area (Å²) in [5.41, 5.74) is 1.16. The number of piperazine rings is 1. The molecule has 24 heavy (non-hydrogen) atoms. The predicted molar refractivity (Wildman–Crippen MR) is 90.4 cm³/mol. The fraction of sp³-hybridized carbons (Fsp3) is 0.611. The molecule has 2 fully saturated rings. The van der Waals surface area contributed by atoms with E-state index in [-0.39, 0.29) is 12.0 Å². The minimum Gasteiger partial charge on any atom is -0.497 e. The second kappa shape index (κ2) is 7.85. The van der Waals surface area contributed by atoms with Gasteiger partial charge in [-0.2, -0.15) is 0 Å². The Morgan fingerprint density at radius 3 is 2.33 bits per heavy atom. The molecular weight excluding hydrogens is 308 g/mol. The highest BCUT2D eigenvalue weighted by molar-refractivity contribution is 5.81. The average molecular weight is 334 g/mol. The van der Waals surface area contributed by atoms with Crippen LogP contribution < -0.4 is 9.47 Å². The van der Waals surface area contributed by atoms with Crippen LogP contribution in [-0.4, -0.2) is 68.8 Å². The summed E-state index contributed by atoms with van der Waals surface area (Å²) in [6.07, 6.45) is 1.65. The van der Waals surface area contributed by atoms with Crippen molar-refractivity contribution in [1.29, 1.82) is 0 Å². The minimum atomic E-state index is -0.209. The van der Waals surface area contributed by atoms with Crippen LogP contribution in [-0.2, 0) is 16.1 Å². The molecule has 132 valence electrons. The van der Waals surface area contributed by atoms with E-state index in [0.717, 1.165) is 62.6 Å². The molecule has 0 aliphatic carbocycles. The second-order valence-corrected chi connectivity index (χ2v) is 6.32. The van der Waals surface area contributed by atoms with Crippen LogP contribution in [0.2, 0.25) is 0 Å². The molecule has 2 aliphatic rings. The van der Waals surface area contributed by atoms with E-state index in [1.54, 1.807) is 14.2 Å². The molecule has 6 heteroatoms. The van der Waals surface area contributed by atoms with Crippen molar-refractivity contribution in [3.63, 3.8) is 0 Å². The number of carbonyl (C=O) groups excluding carboxylic acids is 1. The minimum absolute atomic E-state index is 0.162. The zero-order chi connectivity index (χ0) is 16.9. The van der Waals surface area contributed by atoms with Gasteiger partial charge in [-0.05, 0) is 30.5 Å². The molecule has 2 saturated heterocycles. The van der Waals surface area contributed by atoms with E-state index in [2.05, 4.69) is 4.90 Å². The first-order chi connectivity index (χ1) is 11.7. The summed E-state index contributed by atoms with van der Waals surface area (Å²) in [7, 11) is 3.32. The number of ether oxygens (including phenoxy) is 3. The predicted octanol–water partition coefficient (Wildman–Crippen LogP) is 1.53. The lowest BCUT2D eigenvalue weighted by Gasteiger charge is -2.35. The Bertz CT molecular complexity index is 542. The molecule has 1 atom stereocenters. The Labute approximate surface area is 143 Å². The van der Waals surface area contributed by atoms with Crippen molar-refractivity contribution in [3.8, 4) is 11.5 Å². The van der Waals surface area contributed by atoms with Crippen LogP contribution >= 0.6 is 0 Å².